The van der Waals surface area contributed by atoms with E-state index in [4.69, 9.17) is 27.0 Å². The van der Waals surface area contributed by atoms with Crippen molar-refractivity contribution in [2.75, 3.05) is 13.2 Å². The number of nitriles is 1. The third kappa shape index (κ3) is 6.45. The van der Waals surface area contributed by atoms with Gasteiger partial charge in [-0.05, 0) is 67.0 Å². The minimum atomic E-state index is -0.300. The summed E-state index contributed by atoms with van der Waals surface area (Å²) in [5, 5.41) is 12.2. The molecule has 1 saturated heterocycles. The van der Waals surface area contributed by atoms with E-state index in [9.17, 15) is 4.79 Å². The summed E-state index contributed by atoms with van der Waals surface area (Å²) in [5.74, 6) is 0.356. The number of hydrazine groups is 1. The average Bonchev–Trinajstić information content (AvgIpc) is 3.29. The summed E-state index contributed by atoms with van der Waals surface area (Å²) in [5.41, 5.74) is 7.19. The molecule has 150 valence electrons. The molecule has 1 atom stereocenters. The van der Waals surface area contributed by atoms with Gasteiger partial charge in [0.2, 0.25) is 0 Å². The largest absolute Gasteiger partial charge is 0.489 e. The van der Waals surface area contributed by atoms with Crippen molar-refractivity contribution in [3.8, 4) is 11.8 Å². The highest BCUT2D eigenvalue weighted by Gasteiger charge is 2.15. The quantitative estimate of drug-likeness (QED) is 0.497. The Morgan fingerprint density at radius 1 is 1.24 bits per heavy atom. The molecule has 2 aromatic carbocycles. The first-order valence-electron chi connectivity index (χ1n) is 9.32. The summed E-state index contributed by atoms with van der Waals surface area (Å²) < 4.78 is 11.2. The van der Waals surface area contributed by atoms with Gasteiger partial charge >= 0.3 is 0 Å². The second-order valence-corrected chi connectivity index (χ2v) is 6.96. The van der Waals surface area contributed by atoms with Crippen LogP contribution >= 0.6 is 12.2 Å². The Hall–Kier alpha value is -3.15. The van der Waals surface area contributed by atoms with Crippen LogP contribution in [0.5, 0.6) is 5.75 Å². The number of nitrogens with zero attached hydrogens (tertiary/aromatic N) is 1. The molecule has 1 amide bonds. The lowest BCUT2D eigenvalue weighted by molar-refractivity contribution is 0.0943. The number of carbonyl (C=O) groups excluding carboxylic acids is 1. The molecule has 1 heterocycles. The number of benzene rings is 2. The van der Waals surface area contributed by atoms with Crippen LogP contribution in [0, 0.1) is 11.3 Å². The molecule has 1 aliphatic heterocycles. The molecule has 8 heteroatoms. The Kier molecular flexibility index (Phi) is 7.39. The molecule has 0 aliphatic carbocycles. The van der Waals surface area contributed by atoms with Crippen molar-refractivity contribution in [1.29, 1.82) is 5.26 Å². The van der Waals surface area contributed by atoms with Gasteiger partial charge in [-0.25, -0.2) is 0 Å². The van der Waals surface area contributed by atoms with Crippen molar-refractivity contribution in [1.82, 2.24) is 16.2 Å². The molecular weight excluding hydrogens is 388 g/mol. The fourth-order valence-electron chi connectivity index (χ4n) is 2.84. The second kappa shape index (κ2) is 10.4. The van der Waals surface area contributed by atoms with Gasteiger partial charge in [-0.1, -0.05) is 12.1 Å². The van der Waals surface area contributed by atoms with Crippen molar-refractivity contribution >= 4 is 23.2 Å². The maximum absolute atomic E-state index is 12.3. The Bertz CT molecular complexity index is 890. The Morgan fingerprint density at radius 2 is 2.07 bits per heavy atom. The van der Waals surface area contributed by atoms with Crippen molar-refractivity contribution in [3.05, 3.63) is 65.2 Å². The molecule has 1 fully saturated rings. The van der Waals surface area contributed by atoms with E-state index in [1.807, 2.05) is 6.07 Å². The van der Waals surface area contributed by atoms with Gasteiger partial charge < -0.3 is 14.8 Å². The summed E-state index contributed by atoms with van der Waals surface area (Å²) in [7, 11) is 0. The SMILES string of the molecule is N#Cc1ccc(OCc2cccc(C(=O)NNC(=S)NCC3CCCO3)c2)cc1. The molecular formula is C21H22N4O3S. The van der Waals surface area contributed by atoms with E-state index in [1.165, 1.54) is 0 Å². The van der Waals surface area contributed by atoms with Crippen molar-refractivity contribution < 1.29 is 14.3 Å². The smallest absolute Gasteiger partial charge is 0.269 e. The number of nitrogens with one attached hydrogen (secondary N) is 3. The van der Waals surface area contributed by atoms with Crippen LogP contribution in [-0.2, 0) is 11.3 Å². The maximum Gasteiger partial charge on any atom is 0.269 e. The average molecular weight is 410 g/mol. The lowest BCUT2D eigenvalue weighted by Gasteiger charge is -2.14. The van der Waals surface area contributed by atoms with Gasteiger partial charge in [0.05, 0.1) is 17.7 Å². The topological polar surface area (TPSA) is 95.4 Å². The van der Waals surface area contributed by atoms with Gasteiger partial charge in [-0.3, -0.25) is 15.6 Å². The first-order valence-corrected chi connectivity index (χ1v) is 9.72. The molecule has 3 N–H and O–H groups in total. The summed E-state index contributed by atoms with van der Waals surface area (Å²) in [4.78, 5) is 12.3. The van der Waals surface area contributed by atoms with Crippen molar-refractivity contribution in [2.45, 2.75) is 25.6 Å². The molecule has 2 aromatic rings. The van der Waals surface area contributed by atoms with E-state index in [1.54, 1.807) is 42.5 Å². The fourth-order valence-corrected chi connectivity index (χ4v) is 2.97. The molecule has 1 unspecified atom stereocenters. The second-order valence-electron chi connectivity index (χ2n) is 6.55. The Morgan fingerprint density at radius 3 is 2.79 bits per heavy atom. The first-order chi connectivity index (χ1) is 14.1. The molecule has 0 aromatic heterocycles. The highest BCUT2D eigenvalue weighted by molar-refractivity contribution is 7.80. The summed E-state index contributed by atoms with van der Waals surface area (Å²) in [6, 6.07) is 16.1. The monoisotopic (exact) mass is 410 g/mol. The maximum atomic E-state index is 12.3. The fraction of sp³-hybridized carbons (Fsp3) is 0.286. The van der Waals surface area contributed by atoms with Crippen LogP contribution < -0.4 is 20.9 Å². The predicted octanol–water partition coefficient (Wildman–Crippen LogP) is 2.43. The highest BCUT2D eigenvalue weighted by Crippen LogP contribution is 2.14. The van der Waals surface area contributed by atoms with Crippen LogP contribution in [0.15, 0.2) is 48.5 Å². The lowest BCUT2D eigenvalue weighted by Crippen LogP contribution is -2.48. The molecule has 7 nitrogen and oxygen atoms in total. The van der Waals surface area contributed by atoms with Crippen LogP contribution in [0.4, 0.5) is 0 Å². The minimum Gasteiger partial charge on any atom is -0.489 e. The number of amides is 1. The number of thiocarbonyl (C=S) groups is 1. The summed E-state index contributed by atoms with van der Waals surface area (Å²) >= 11 is 5.16. The van der Waals surface area contributed by atoms with E-state index in [0.29, 0.717) is 35.1 Å². The predicted molar refractivity (Wildman–Crippen MR) is 112 cm³/mol. The lowest BCUT2D eigenvalue weighted by atomic mass is 10.1. The van der Waals surface area contributed by atoms with Crippen LogP contribution in [0.1, 0.15) is 34.3 Å². The number of hydrogen-bond donors (Lipinski definition) is 3. The van der Waals surface area contributed by atoms with Gasteiger partial charge in [0.15, 0.2) is 5.11 Å². The van der Waals surface area contributed by atoms with Crippen LogP contribution in [-0.4, -0.2) is 30.3 Å². The standard InChI is InChI=1S/C21H22N4O3S/c22-12-15-6-8-18(9-7-15)28-14-16-3-1-4-17(11-16)20(26)24-25-21(29)23-13-19-5-2-10-27-19/h1,3-4,6-9,11,19H,2,5,10,13-14H2,(H,24,26)(H2,23,25,29). The zero-order chi connectivity index (χ0) is 20.5. The van der Waals surface area contributed by atoms with Gasteiger partial charge in [-0.2, -0.15) is 5.26 Å². The number of hydrogen-bond acceptors (Lipinski definition) is 5. The number of rotatable bonds is 6. The van der Waals surface area contributed by atoms with Crippen LogP contribution in [0.2, 0.25) is 0 Å². The molecule has 0 bridgehead atoms. The summed E-state index contributed by atoms with van der Waals surface area (Å²) in [6.45, 7) is 1.71. The molecule has 1 aliphatic rings. The van der Waals surface area contributed by atoms with E-state index >= 15 is 0 Å². The van der Waals surface area contributed by atoms with Crippen LogP contribution in [0.25, 0.3) is 0 Å². The molecule has 29 heavy (non-hydrogen) atoms. The van der Waals surface area contributed by atoms with Crippen molar-refractivity contribution in [2.24, 2.45) is 0 Å². The minimum absolute atomic E-state index is 0.165. The molecule has 0 spiro atoms. The molecule has 0 saturated carbocycles. The van der Waals surface area contributed by atoms with Crippen LogP contribution in [0.3, 0.4) is 0 Å². The first kappa shape index (κ1) is 20.6. The van der Waals surface area contributed by atoms with E-state index < -0.39 is 0 Å². The summed E-state index contributed by atoms with van der Waals surface area (Å²) in [6.07, 6.45) is 2.24. The third-order valence-electron chi connectivity index (χ3n) is 4.38. The Labute approximate surface area is 175 Å². The van der Waals surface area contributed by atoms with Crippen molar-refractivity contribution in [3.63, 3.8) is 0 Å². The highest BCUT2D eigenvalue weighted by atomic mass is 32.1. The normalized spacial score (nSPS) is 15.2. The van der Waals surface area contributed by atoms with Gasteiger partial charge in [-0.15, -0.1) is 0 Å². The van der Waals surface area contributed by atoms with E-state index in [2.05, 4.69) is 22.2 Å². The van der Waals surface area contributed by atoms with E-state index in [0.717, 1.165) is 25.0 Å². The van der Waals surface area contributed by atoms with Gasteiger partial charge in [0.25, 0.3) is 5.91 Å². The Balaban J connectivity index is 1.45. The number of ether oxygens (including phenoxy) is 2. The third-order valence-corrected chi connectivity index (χ3v) is 4.63. The number of carbonyl (C=O) groups is 1. The van der Waals surface area contributed by atoms with E-state index in [-0.39, 0.29) is 12.0 Å². The van der Waals surface area contributed by atoms with Gasteiger partial charge in [0, 0.05) is 18.7 Å². The molecule has 0 radical (unpaired) electrons. The molecule has 3 rings (SSSR count). The van der Waals surface area contributed by atoms with Gasteiger partial charge in [0.1, 0.15) is 12.4 Å². The zero-order valence-electron chi connectivity index (χ0n) is 15.8. The zero-order valence-corrected chi connectivity index (χ0v) is 16.6.